The van der Waals surface area contributed by atoms with E-state index in [1.54, 1.807) is 24.3 Å². The fourth-order valence-corrected chi connectivity index (χ4v) is 7.57. The molecule has 4 fully saturated rings. The number of benzene rings is 1. The summed E-state index contributed by atoms with van der Waals surface area (Å²) in [6.07, 6.45) is 16.4. The van der Waals surface area contributed by atoms with E-state index in [2.05, 4.69) is 17.1 Å². The molecule has 1 amide bonds. The van der Waals surface area contributed by atoms with Gasteiger partial charge in [0.1, 0.15) is 24.4 Å². The van der Waals surface area contributed by atoms with Crippen LogP contribution in [0.1, 0.15) is 122 Å². The largest absolute Gasteiger partial charge is 0.481 e. The van der Waals surface area contributed by atoms with Gasteiger partial charge in [-0.2, -0.15) is 0 Å². The lowest BCUT2D eigenvalue weighted by molar-refractivity contribution is -0.256. The van der Waals surface area contributed by atoms with Crippen LogP contribution in [0, 0.1) is 0 Å². The van der Waals surface area contributed by atoms with Crippen LogP contribution in [0.25, 0.3) is 0 Å². The highest BCUT2D eigenvalue weighted by Gasteiger charge is 2.60. The van der Waals surface area contributed by atoms with Crippen LogP contribution in [0.4, 0.5) is 10.5 Å². The van der Waals surface area contributed by atoms with E-state index in [0.717, 1.165) is 64.5 Å². The number of carboxylic acids is 1. The van der Waals surface area contributed by atoms with Gasteiger partial charge < -0.3 is 28.8 Å². The zero-order valence-corrected chi connectivity index (χ0v) is 28.5. The summed E-state index contributed by atoms with van der Waals surface area (Å²) in [6.45, 7) is 5.29. The van der Waals surface area contributed by atoms with Gasteiger partial charge in [-0.3, -0.25) is 15.0 Å². The van der Waals surface area contributed by atoms with Crippen molar-refractivity contribution < 1.29 is 38.4 Å². The van der Waals surface area contributed by atoms with Crippen molar-refractivity contribution in [2.24, 2.45) is 0 Å². The summed E-state index contributed by atoms with van der Waals surface area (Å²) in [5.74, 6) is -1.51. The number of hydrogen-bond donors (Lipinski definition) is 2. The van der Waals surface area contributed by atoms with Crippen LogP contribution in [0.2, 0.25) is 0 Å². The normalized spacial score (nSPS) is 26.5. The summed E-state index contributed by atoms with van der Waals surface area (Å²) in [7, 11) is 0. The van der Waals surface area contributed by atoms with Gasteiger partial charge in [-0.1, -0.05) is 83.3 Å². The van der Waals surface area contributed by atoms with Crippen LogP contribution in [0.5, 0.6) is 0 Å². The van der Waals surface area contributed by atoms with Crippen LogP contribution >= 0.6 is 0 Å². The molecule has 1 aromatic carbocycles. The molecule has 0 aromatic heterocycles. The molecule has 0 bridgehead atoms. The zero-order chi connectivity index (χ0) is 32.9. The fraction of sp³-hybridized carbons (Fsp3) is 0.784. The summed E-state index contributed by atoms with van der Waals surface area (Å²) in [5, 5.41) is 11.9. The number of carbonyl (C=O) groups excluding carboxylic acids is 1. The monoisotopic (exact) mass is 658 g/mol. The van der Waals surface area contributed by atoms with Crippen molar-refractivity contribution in [1.82, 2.24) is 4.90 Å². The number of carboxylic acid groups (broad SMARTS) is 1. The molecule has 2 N–H and O–H groups in total. The first-order valence-corrected chi connectivity index (χ1v) is 18.6. The Balaban J connectivity index is 1.26. The third-order valence-electron chi connectivity index (χ3n) is 10.1. The van der Waals surface area contributed by atoms with E-state index in [1.807, 2.05) is 0 Å². The molecule has 5 atom stereocenters. The SMILES string of the molecule is CCCCCCCCCCO[C@@H]1[C@H]2OC3(CCCCC3)O[C@H]2O[C@@H]1[C@@H](CN1CCCCCC1)OC(=O)Nc1ccc(CC(=O)O)cc1. The van der Waals surface area contributed by atoms with E-state index in [9.17, 15) is 9.59 Å². The summed E-state index contributed by atoms with van der Waals surface area (Å²) in [6, 6.07) is 6.79. The van der Waals surface area contributed by atoms with Crippen molar-refractivity contribution in [1.29, 1.82) is 0 Å². The number of fused-ring (bicyclic) bond motifs is 1. The Bertz CT molecular complexity index is 1090. The number of ether oxygens (including phenoxy) is 5. The Labute approximate surface area is 281 Å². The van der Waals surface area contributed by atoms with Crippen LogP contribution < -0.4 is 5.32 Å². The lowest BCUT2D eigenvalue weighted by atomic mass is 9.94. The minimum atomic E-state index is -0.899. The van der Waals surface area contributed by atoms with Crippen LogP contribution in [-0.4, -0.2) is 84.8 Å². The Morgan fingerprint density at radius 3 is 2.26 bits per heavy atom. The van der Waals surface area contributed by atoms with Crippen molar-refractivity contribution >= 4 is 17.7 Å². The number of nitrogens with one attached hydrogen (secondary N) is 1. The highest BCUT2D eigenvalue weighted by atomic mass is 16.8. The minimum absolute atomic E-state index is 0.0736. The van der Waals surface area contributed by atoms with E-state index in [0.29, 0.717) is 24.4 Å². The third-order valence-corrected chi connectivity index (χ3v) is 10.1. The third kappa shape index (κ3) is 10.9. The average molecular weight is 659 g/mol. The predicted octanol–water partition coefficient (Wildman–Crippen LogP) is 7.43. The van der Waals surface area contributed by atoms with E-state index in [-0.39, 0.29) is 12.5 Å². The number of nitrogens with zero attached hydrogens (tertiary/aromatic N) is 1. The van der Waals surface area contributed by atoms with Gasteiger partial charge in [0, 0.05) is 31.7 Å². The van der Waals surface area contributed by atoms with Crippen molar-refractivity contribution in [3.8, 4) is 0 Å². The Hall–Kier alpha value is -2.24. The van der Waals surface area contributed by atoms with Gasteiger partial charge in [0.15, 0.2) is 12.1 Å². The number of amides is 1. The number of carbonyl (C=O) groups is 2. The van der Waals surface area contributed by atoms with Gasteiger partial charge in [-0.15, -0.1) is 0 Å². The van der Waals surface area contributed by atoms with Gasteiger partial charge in [-0.25, -0.2) is 4.79 Å². The lowest BCUT2D eigenvalue weighted by Gasteiger charge is -2.36. The number of aliphatic carboxylic acids is 1. The second-order valence-corrected chi connectivity index (χ2v) is 14.0. The second-order valence-electron chi connectivity index (χ2n) is 14.0. The number of anilines is 1. The van der Waals surface area contributed by atoms with Crippen LogP contribution in [0.15, 0.2) is 24.3 Å². The predicted molar refractivity (Wildman–Crippen MR) is 179 cm³/mol. The maximum atomic E-state index is 13.4. The Morgan fingerprint density at radius 2 is 1.57 bits per heavy atom. The molecule has 0 radical (unpaired) electrons. The molecule has 10 nitrogen and oxygen atoms in total. The first kappa shape index (κ1) is 36.1. The molecule has 1 aliphatic carbocycles. The number of unbranched alkanes of at least 4 members (excludes halogenated alkanes) is 7. The molecule has 1 aromatic rings. The van der Waals surface area contributed by atoms with Crippen molar-refractivity contribution in [3.63, 3.8) is 0 Å². The molecular weight excluding hydrogens is 600 g/mol. The van der Waals surface area contributed by atoms with Gasteiger partial charge >= 0.3 is 12.1 Å². The van der Waals surface area contributed by atoms with E-state index in [4.69, 9.17) is 28.8 Å². The van der Waals surface area contributed by atoms with Crippen LogP contribution in [-0.2, 0) is 34.9 Å². The fourth-order valence-electron chi connectivity index (χ4n) is 7.57. The molecule has 47 heavy (non-hydrogen) atoms. The Morgan fingerprint density at radius 1 is 0.915 bits per heavy atom. The molecule has 264 valence electrons. The molecule has 5 rings (SSSR count). The van der Waals surface area contributed by atoms with E-state index >= 15 is 0 Å². The second kappa shape index (κ2) is 18.5. The molecule has 0 unspecified atom stereocenters. The highest BCUT2D eigenvalue weighted by molar-refractivity contribution is 5.84. The first-order chi connectivity index (χ1) is 22.9. The average Bonchev–Trinajstić information content (AvgIpc) is 3.41. The molecular formula is C37H58N2O8. The molecule has 4 aliphatic rings. The zero-order valence-electron chi connectivity index (χ0n) is 28.5. The highest BCUT2D eigenvalue weighted by Crippen LogP contribution is 2.46. The maximum Gasteiger partial charge on any atom is 0.412 e. The van der Waals surface area contributed by atoms with Gasteiger partial charge in [-0.05, 0) is 62.9 Å². The first-order valence-electron chi connectivity index (χ1n) is 18.6. The topological polar surface area (TPSA) is 116 Å². The molecule has 1 spiro atoms. The van der Waals surface area contributed by atoms with E-state index in [1.165, 1.54) is 57.8 Å². The molecule has 3 saturated heterocycles. The number of hydrogen-bond acceptors (Lipinski definition) is 8. The van der Waals surface area contributed by atoms with Crippen LogP contribution in [0.3, 0.4) is 0 Å². The summed E-state index contributed by atoms with van der Waals surface area (Å²) in [4.78, 5) is 26.8. The quantitative estimate of drug-likeness (QED) is 0.165. The van der Waals surface area contributed by atoms with E-state index < -0.39 is 42.5 Å². The maximum absolute atomic E-state index is 13.4. The molecule has 10 heteroatoms. The Kier molecular flexibility index (Phi) is 14.2. The van der Waals surface area contributed by atoms with Crippen molar-refractivity contribution in [2.75, 3.05) is 31.6 Å². The molecule has 1 saturated carbocycles. The number of rotatable bonds is 17. The number of likely N-dealkylation sites (tertiary alicyclic amines) is 1. The summed E-state index contributed by atoms with van der Waals surface area (Å²) in [5.41, 5.74) is 1.20. The van der Waals surface area contributed by atoms with Gasteiger partial charge in [0.05, 0.1) is 6.42 Å². The molecule has 3 heterocycles. The van der Waals surface area contributed by atoms with Gasteiger partial charge in [0.2, 0.25) is 0 Å². The summed E-state index contributed by atoms with van der Waals surface area (Å²) < 4.78 is 32.7. The minimum Gasteiger partial charge on any atom is -0.481 e. The summed E-state index contributed by atoms with van der Waals surface area (Å²) >= 11 is 0. The van der Waals surface area contributed by atoms with Crippen molar-refractivity contribution in [2.45, 2.75) is 159 Å². The standard InChI is InChI=1S/C37H58N2O8/c1-2-3-4-5-6-7-10-16-25-43-33-32(45-35-34(33)46-37(47-35)21-12-11-13-22-37)30(27-39-23-14-8-9-15-24-39)44-36(42)38-29-19-17-28(18-20-29)26-31(40)41/h17-20,30,32-35H,2-16,21-27H2,1H3,(H,38,42)(H,40,41)/t30-,32-,33+,34-,35-/m1/s1. The van der Waals surface area contributed by atoms with Crippen molar-refractivity contribution in [3.05, 3.63) is 29.8 Å². The lowest BCUT2D eigenvalue weighted by Crippen LogP contribution is -2.50. The van der Waals surface area contributed by atoms with Gasteiger partial charge in [0.25, 0.3) is 0 Å². The molecule has 3 aliphatic heterocycles. The smallest absolute Gasteiger partial charge is 0.412 e.